The van der Waals surface area contributed by atoms with Crippen molar-refractivity contribution in [2.45, 2.75) is 136 Å². The monoisotopic (exact) mass is 851 g/mol. The molecule has 1 heterocycles. The topological polar surface area (TPSA) is 354 Å². The zero-order valence-electron chi connectivity index (χ0n) is 35.8. The molecule has 338 valence electrons. The molecule has 22 nitrogen and oxygen atoms in total. The normalized spacial score (nSPS) is 14.7. The molecule has 0 bridgehead atoms. The number of hydrogen-bond acceptors (Lipinski definition) is 11. The average molecular weight is 851 g/mol. The van der Waals surface area contributed by atoms with E-state index in [1.54, 1.807) is 0 Å². The number of carboxylic acid groups (broad SMARTS) is 1. The van der Waals surface area contributed by atoms with Gasteiger partial charge in [0.2, 0.25) is 41.4 Å². The van der Waals surface area contributed by atoms with Gasteiger partial charge >= 0.3 is 5.97 Å². The van der Waals surface area contributed by atoms with Crippen LogP contribution < -0.4 is 48.7 Å². The highest BCUT2D eigenvalue weighted by Crippen LogP contribution is 2.12. The Morgan fingerprint density at radius 1 is 0.650 bits per heavy atom. The summed E-state index contributed by atoms with van der Waals surface area (Å²) in [4.78, 5) is 115. The van der Waals surface area contributed by atoms with Crippen LogP contribution in [0.1, 0.15) is 93.2 Å². The van der Waals surface area contributed by atoms with Crippen molar-refractivity contribution >= 4 is 53.3 Å². The molecular weight excluding hydrogens is 784 g/mol. The summed E-state index contributed by atoms with van der Waals surface area (Å²) in [5, 5.41) is 37.2. The van der Waals surface area contributed by atoms with Crippen LogP contribution in [0, 0.1) is 17.8 Å². The lowest BCUT2D eigenvalue weighted by atomic mass is 9.98. The number of aromatic nitrogens is 2. The summed E-state index contributed by atoms with van der Waals surface area (Å²) in [7, 11) is 0. The molecule has 7 atom stereocenters. The first-order chi connectivity index (χ1) is 28.0. The molecule has 0 radical (unpaired) electrons. The van der Waals surface area contributed by atoms with E-state index in [4.69, 9.17) is 11.5 Å². The minimum Gasteiger partial charge on any atom is -0.480 e. The van der Waals surface area contributed by atoms with Gasteiger partial charge in [-0.1, -0.05) is 41.5 Å². The van der Waals surface area contributed by atoms with E-state index in [1.807, 2.05) is 41.5 Å². The van der Waals surface area contributed by atoms with Crippen molar-refractivity contribution in [2.24, 2.45) is 34.2 Å². The van der Waals surface area contributed by atoms with Crippen LogP contribution in [-0.4, -0.2) is 129 Å². The molecule has 0 fully saturated rings. The van der Waals surface area contributed by atoms with Gasteiger partial charge in [-0.2, -0.15) is 0 Å². The van der Waals surface area contributed by atoms with E-state index in [2.05, 4.69) is 52.2 Å². The molecule has 1 aromatic heterocycles. The van der Waals surface area contributed by atoms with Gasteiger partial charge < -0.3 is 63.9 Å². The molecule has 0 saturated carbocycles. The van der Waals surface area contributed by atoms with Crippen molar-refractivity contribution in [1.82, 2.24) is 47.2 Å². The van der Waals surface area contributed by atoms with E-state index in [1.165, 1.54) is 19.4 Å². The fourth-order valence-corrected chi connectivity index (χ4v) is 5.90. The standard InChI is InChI=1S/C38H66N12O10/c1-19(2)12-26(32(54)44-22(7)31(53)46-25(37(59)60)10-9-11-42-38(39)40)47-33(55)27(13-20(3)4)48-34(56)28(14-21(5)6)49-35(57)29(15-24-16-41-18-43-24)50-36(58)30(17-51)45-23(8)52/h16,18-22,25-30,51H,9-15,17H2,1-8H3,(H,41,43)(H,44,54)(H,45,52)(H,46,53)(H,47,55)(H,48,56)(H,49,57)(H,50,58)(H,59,60)(H4,39,40,42)/t22-,25-,26-,27-,28-,29-,30-/m0/s1. The Morgan fingerprint density at radius 3 is 1.48 bits per heavy atom. The number of imidazole rings is 1. The van der Waals surface area contributed by atoms with Gasteiger partial charge in [-0.15, -0.1) is 0 Å². The van der Waals surface area contributed by atoms with E-state index in [0.717, 1.165) is 6.92 Å². The predicted octanol–water partition coefficient (Wildman–Crippen LogP) is -2.35. The number of aliphatic hydroxyl groups is 1. The number of aromatic amines is 1. The first-order valence-electron chi connectivity index (χ1n) is 20.0. The van der Waals surface area contributed by atoms with Gasteiger partial charge in [0.15, 0.2) is 5.96 Å². The minimum absolute atomic E-state index is 0.0164. The second-order valence-corrected chi connectivity index (χ2v) is 15.9. The molecule has 14 N–H and O–H groups in total. The summed E-state index contributed by atoms with van der Waals surface area (Å²) in [5.74, 6) is -6.92. The highest BCUT2D eigenvalue weighted by molar-refractivity contribution is 5.97. The Balaban J connectivity index is 3.24. The Kier molecular flexibility index (Phi) is 22.9. The van der Waals surface area contributed by atoms with Gasteiger partial charge in [-0.3, -0.25) is 38.6 Å². The molecule has 1 rings (SSSR count). The number of guanidine groups is 1. The third-order valence-corrected chi connectivity index (χ3v) is 8.82. The third kappa shape index (κ3) is 20.3. The SMILES string of the molecule is CC(=O)N[C@@H](CO)C(=O)N[C@@H](Cc1cnc[nH]1)C(=O)N[C@@H](CC(C)C)C(=O)N[C@@H](CC(C)C)C(=O)N[C@@H](CC(C)C)C(=O)N[C@@H](C)C(=O)N[C@@H](CCCN=C(N)N)C(=O)O. The molecule has 0 aliphatic carbocycles. The van der Waals surface area contributed by atoms with E-state index in [0.29, 0.717) is 5.69 Å². The fourth-order valence-electron chi connectivity index (χ4n) is 5.90. The minimum atomic E-state index is -1.35. The predicted molar refractivity (Wildman–Crippen MR) is 220 cm³/mol. The fraction of sp³-hybridized carbons (Fsp3) is 0.684. The summed E-state index contributed by atoms with van der Waals surface area (Å²) >= 11 is 0. The number of H-pyrrole nitrogens is 1. The van der Waals surface area contributed by atoms with E-state index in [-0.39, 0.29) is 68.8 Å². The molecule has 0 saturated heterocycles. The molecule has 1 aromatic rings. The Morgan fingerprint density at radius 2 is 1.08 bits per heavy atom. The van der Waals surface area contributed by atoms with Crippen LogP contribution in [0.5, 0.6) is 0 Å². The molecule has 0 aliphatic heterocycles. The molecule has 0 unspecified atom stereocenters. The van der Waals surface area contributed by atoms with Gasteiger partial charge in [-0.25, -0.2) is 9.78 Å². The molecular formula is C38H66N12O10. The number of hydrogen-bond donors (Lipinski definition) is 12. The number of carboxylic acids is 1. The molecule has 7 amide bonds. The van der Waals surface area contributed by atoms with Crippen LogP contribution in [-0.2, 0) is 44.8 Å². The van der Waals surface area contributed by atoms with Crippen LogP contribution >= 0.6 is 0 Å². The number of aliphatic hydroxyl groups excluding tert-OH is 1. The Hall–Kier alpha value is -5.80. The van der Waals surface area contributed by atoms with E-state index in [9.17, 15) is 48.6 Å². The summed E-state index contributed by atoms with van der Waals surface area (Å²) < 4.78 is 0. The van der Waals surface area contributed by atoms with Gasteiger partial charge in [0.25, 0.3) is 0 Å². The van der Waals surface area contributed by atoms with Gasteiger partial charge in [0.05, 0.1) is 12.9 Å². The van der Waals surface area contributed by atoms with Crippen molar-refractivity contribution in [3.8, 4) is 0 Å². The maximum absolute atomic E-state index is 13.9. The maximum Gasteiger partial charge on any atom is 0.326 e. The number of amides is 7. The van der Waals surface area contributed by atoms with Crippen LogP contribution in [0.3, 0.4) is 0 Å². The first kappa shape index (κ1) is 52.2. The lowest BCUT2D eigenvalue weighted by Gasteiger charge is -2.29. The third-order valence-electron chi connectivity index (χ3n) is 8.82. The zero-order chi connectivity index (χ0) is 45.7. The molecule has 0 spiro atoms. The summed E-state index contributed by atoms with van der Waals surface area (Å²) in [5.41, 5.74) is 11.1. The van der Waals surface area contributed by atoms with Crippen molar-refractivity contribution in [1.29, 1.82) is 0 Å². The molecule has 0 aromatic carbocycles. The van der Waals surface area contributed by atoms with Crippen molar-refractivity contribution in [3.63, 3.8) is 0 Å². The summed E-state index contributed by atoms with van der Waals surface area (Å²) in [6.45, 7) is 12.9. The van der Waals surface area contributed by atoms with Crippen LogP contribution in [0.4, 0.5) is 0 Å². The second kappa shape index (κ2) is 26.3. The van der Waals surface area contributed by atoms with Gasteiger partial charge in [0.1, 0.15) is 42.3 Å². The summed E-state index contributed by atoms with van der Waals surface area (Å²) in [6.07, 6.45) is 3.40. The van der Waals surface area contributed by atoms with Crippen molar-refractivity contribution in [2.75, 3.05) is 13.2 Å². The highest BCUT2D eigenvalue weighted by Gasteiger charge is 2.34. The lowest BCUT2D eigenvalue weighted by Crippen LogP contribution is -2.60. The number of nitrogens with two attached hydrogens (primary N) is 2. The largest absolute Gasteiger partial charge is 0.480 e. The Labute approximate surface area is 350 Å². The number of nitrogens with zero attached hydrogens (tertiary/aromatic N) is 2. The highest BCUT2D eigenvalue weighted by atomic mass is 16.4. The van der Waals surface area contributed by atoms with E-state index >= 15 is 0 Å². The number of aliphatic carboxylic acids is 1. The van der Waals surface area contributed by atoms with Crippen LogP contribution in [0.2, 0.25) is 0 Å². The number of nitrogens with one attached hydrogen (secondary N) is 8. The molecule has 22 heteroatoms. The number of carbonyl (C=O) groups excluding carboxylic acids is 7. The van der Waals surface area contributed by atoms with Crippen molar-refractivity contribution < 1.29 is 48.6 Å². The number of rotatable bonds is 27. The zero-order valence-corrected chi connectivity index (χ0v) is 35.8. The lowest BCUT2D eigenvalue weighted by molar-refractivity contribution is -0.142. The maximum atomic E-state index is 13.9. The van der Waals surface area contributed by atoms with Gasteiger partial charge in [0, 0.05) is 31.8 Å². The molecule has 0 aliphatic rings. The second-order valence-electron chi connectivity index (χ2n) is 15.9. The molecule has 60 heavy (non-hydrogen) atoms. The number of carbonyl (C=O) groups is 8. The summed E-state index contributed by atoms with van der Waals surface area (Å²) in [6, 6.07) is -8.65. The van der Waals surface area contributed by atoms with Crippen molar-refractivity contribution in [3.05, 3.63) is 18.2 Å². The van der Waals surface area contributed by atoms with Gasteiger partial charge in [-0.05, 0) is 56.8 Å². The van der Waals surface area contributed by atoms with Crippen LogP contribution in [0.25, 0.3) is 0 Å². The quantitative estimate of drug-likeness (QED) is 0.0251. The first-order valence-corrected chi connectivity index (χ1v) is 20.0. The Bertz CT molecular complexity index is 1610. The van der Waals surface area contributed by atoms with E-state index < -0.39 is 96.2 Å². The smallest absolute Gasteiger partial charge is 0.326 e. The van der Waals surface area contributed by atoms with Crippen LogP contribution in [0.15, 0.2) is 17.5 Å². The average Bonchev–Trinajstić information content (AvgIpc) is 3.66. The number of aliphatic imine (C=N–C) groups is 1.